The van der Waals surface area contributed by atoms with E-state index in [1.54, 1.807) is 6.08 Å². The van der Waals surface area contributed by atoms with Gasteiger partial charge in [-0.05, 0) is 12.8 Å². The summed E-state index contributed by atoms with van der Waals surface area (Å²) in [4.78, 5) is 26.3. The monoisotopic (exact) mass is 349 g/mol. The number of aliphatic carboxylic acids is 2. The molecule has 0 radical (unpaired) electrons. The third kappa shape index (κ3) is 8.82. The predicted molar refractivity (Wildman–Crippen MR) is 83.8 cm³/mol. The Kier molecular flexibility index (Phi) is 11.8. The number of carboxylic acids is 2. The van der Waals surface area contributed by atoms with Crippen molar-refractivity contribution < 1.29 is 40.0 Å². The van der Waals surface area contributed by atoms with Gasteiger partial charge in [0.1, 0.15) is 12.2 Å². The summed E-state index contributed by atoms with van der Waals surface area (Å²) >= 11 is 0. The summed E-state index contributed by atoms with van der Waals surface area (Å²) in [5.74, 6) is -3.42. The number of hydrogen-bond donors (Lipinski definition) is 6. The molecule has 0 aliphatic heterocycles. The smallest absolute Gasteiger partial charge is 0.338 e. The highest BCUT2D eigenvalue weighted by Crippen LogP contribution is 2.09. The average molecular weight is 349 g/mol. The first-order chi connectivity index (χ1) is 11.3. The zero-order valence-electron chi connectivity index (χ0n) is 13.7. The van der Waals surface area contributed by atoms with Crippen LogP contribution in [0.15, 0.2) is 12.3 Å². The van der Waals surface area contributed by atoms with E-state index in [4.69, 9.17) is 20.2 Å². The maximum absolute atomic E-state index is 11.0. The molecular weight excluding hydrogens is 322 g/mol. The van der Waals surface area contributed by atoms with Crippen molar-refractivity contribution in [2.75, 3.05) is 0 Å². The SMILES string of the molecule is CCCCCCC/C=C/NO[C@@H](C(=O)O)[C@@H](O)[C@H](O)[C@H](O)C(=O)O. The summed E-state index contributed by atoms with van der Waals surface area (Å²) in [6, 6.07) is 0. The minimum atomic E-state index is -2.33. The van der Waals surface area contributed by atoms with Gasteiger partial charge >= 0.3 is 11.9 Å². The Hall–Kier alpha value is -1.68. The summed E-state index contributed by atoms with van der Waals surface area (Å²) in [5, 5.41) is 45.7. The van der Waals surface area contributed by atoms with Crippen LogP contribution in [0.3, 0.4) is 0 Å². The zero-order valence-corrected chi connectivity index (χ0v) is 13.7. The van der Waals surface area contributed by atoms with Crippen molar-refractivity contribution in [1.29, 1.82) is 0 Å². The lowest BCUT2D eigenvalue weighted by Crippen LogP contribution is -2.52. The molecule has 0 fully saturated rings. The molecule has 0 aromatic heterocycles. The average Bonchev–Trinajstić information content (AvgIpc) is 2.54. The molecule has 0 aromatic carbocycles. The number of carboxylic acid groups (broad SMARTS) is 2. The molecule has 0 aliphatic carbocycles. The van der Waals surface area contributed by atoms with E-state index in [2.05, 4.69) is 12.4 Å². The molecule has 0 spiro atoms. The Bertz CT molecular complexity index is 401. The van der Waals surface area contributed by atoms with Crippen molar-refractivity contribution in [3.8, 4) is 0 Å². The topological polar surface area (TPSA) is 157 Å². The van der Waals surface area contributed by atoms with E-state index < -0.39 is 36.4 Å². The van der Waals surface area contributed by atoms with Crippen LogP contribution in [0.4, 0.5) is 0 Å². The minimum Gasteiger partial charge on any atom is -0.479 e. The summed E-state index contributed by atoms with van der Waals surface area (Å²) in [5.41, 5.74) is 2.21. The molecule has 0 bridgehead atoms. The molecule has 0 rings (SSSR count). The maximum atomic E-state index is 11.0. The molecule has 0 aliphatic rings. The van der Waals surface area contributed by atoms with Gasteiger partial charge in [0, 0.05) is 6.20 Å². The van der Waals surface area contributed by atoms with Crippen molar-refractivity contribution in [3.63, 3.8) is 0 Å². The van der Waals surface area contributed by atoms with Crippen LogP contribution in [0.1, 0.15) is 45.4 Å². The second-order valence-corrected chi connectivity index (χ2v) is 5.36. The zero-order chi connectivity index (χ0) is 18.5. The number of nitrogens with one attached hydrogen (secondary N) is 1. The molecule has 0 heterocycles. The van der Waals surface area contributed by atoms with Crippen molar-refractivity contribution in [2.45, 2.75) is 69.9 Å². The maximum Gasteiger partial charge on any atom is 0.338 e. The van der Waals surface area contributed by atoms with Gasteiger partial charge in [0.2, 0.25) is 6.10 Å². The molecule has 4 atom stereocenters. The molecule has 0 amide bonds. The Morgan fingerprint density at radius 2 is 1.62 bits per heavy atom. The van der Waals surface area contributed by atoms with Gasteiger partial charge in [-0.3, -0.25) is 10.3 Å². The standard InChI is InChI=1S/C15H27NO8/c1-2-3-4-5-6-7-8-9-16-24-13(15(22)23)11(18)10(17)12(19)14(20)21/h8-13,16-19H,2-7H2,1H3,(H,20,21)(H,22,23)/b9-8+/t10-,11-,12-,13+/m0/s1. The van der Waals surface area contributed by atoms with Gasteiger partial charge in [0.25, 0.3) is 0 Å². The first-order valence-electron chi connectivity index (χ1n) is 7.88. The van der Waals surface area contributed by atoms with E-state index in [0.29, 0.717) is 0 Å². The van der Waals surface area contributed by atoms with Gasteiger partial charge in [-0.2, -0.15) is 0 Å². The Morgan fingerprint density at radius 3 is 2.17 bits per heavy atom. The summed E-state index contributed by atoms with van der Waals surface area (Å²) in [6.07, 6.45) is 0.777. The lowest BCUT2D eigenvalue weighted by molar-refractivity contribution is -0.184. The van der Waals surface area contributed by atoms with Gasteiger partial charge in [0.15, 0.2) is 6.10 Å². The summed E-state index contributed by atoms with van der Waals surface area (Å²) < 4.78 is 0. The molecule has 24 heavy (non-hydrogen) atoms. The number of aliphatic hydroxyl groups is 3. The first kappa shape index (κ1) is 22.3. The third-order valence-electron chi connectivity index (χ3n) is 3.34. The molecule has 6 N–H and O–H groups in total. The van der Waals surface area contributed by atoms with Crippen molar-refractivity contribution >= 4 is 11.9 Å². The van der Waals surface area contributed by atoms with Crippen LogP contribution in [-0.4, -0.2) is 61.9 Å². The molecule has 9 heteroatoms. The first-order valence-corrected chi connectivity index (χ1v) is 7.88. The second-order valence-electron chi connectivity index (χ2n) is 5.36. The van der Waals surface area contributed by atoms with Gasteiger partial charge in [-0.15, -0.1) is 0 Å². The largest absolute Gasteiger partial charge is 0.479 e. The Balaban J connectivity index is 4.25. The highest BCUT2D eigenvalue weighted by molar-refractivity contribution is 5.75. The van der Waals surface area contributed by atoms with Crippen LogP contribution < -0.4 is 5.48 Å². The molecule has 0 saturated heterocycles. The summed E-state index contributed by atoms with van der Waals surface area (Å²) in [7, 11) is 0. The van der Waals surface area contributed by atoms with Gasteiger partial charge in [-0.1, -0.05) is 38.7 Å². The van der Waals surface area contributed by atoms with Crippen LogP contribution >= 0.6 is 0 Å². The van der Waals surface area contributed by atoms with E-state index in [1.807, 2.05) is 0 Å². The van der Waals surface area contributed by atoms with Crippen molar-refractivity contribution in [1.82, 2.24) is 5.48 Å². The van der Waals surface area contributed by atoms with Crippen LogP contribution in [0.5, 0.6) is 0 Å². The second kappa shape index (κ2) is 12.7. The van der Waals surface area contributed by atoms with E-state index >= 15 is 0 Å². The van der Waals surface area contributed by atoms with E-state index in [9.17, 15) is 19.8 Å². The number of hydrogen-bond acceptors (Lipinski definition) is 7. The fourth-order valence-corrected chi connectivity index (χ4v) is 1.89. The molecule has 140 valence electrons. The van der Waals surface area contributed by atoms with E-state index in [0.717, 1.165) is 32.1 Å². The van der Waals surface area contributed by atoms with E-state index in [-0.39, 0.29) is 0 Å². The number of carbonyl (C=O) groups is 2. The lowest BCUT2D eigenvalue weighted by Gasteiger charge is -2.24. The quantitative estimate of drug-likeness (QED) is 0.188. The molecule has 0 unspecified atom stereocenters. The number of hydroxylamine groups is 1. The third-order valence-corrected chi connectivity index (χ3v) is 3.34. The van der Waals surface area contributed by atoms with Crippen LogP contribution in [0, 0.1) is 0 Å². The normalized spacial score (nSPS) is 16.5. The fraction of sp³-hybridized carbons (Fsp3) is 0.733. The number of allylic oxidation sites excluding steroid dienone is 1. The van der Waals surface area contributed by atoms with Gasteiger partial charge < -0.3 is 25.5 Å². The Labute approximate surface area is 140 Å². The van der Waals surface area contributed by atoms with Crippen molar-refractivity contribution in [3.05, 3.63) is 12.3 Å². The fourth-order valence-electron chi connectivity index (χ4n) is 1.89. The van der Waals surface area contributed by atoms with Gasteiger partial charge in [0.05, 0.1) is 0 Å². The predicted octanol–water partition coefficient (Wildman–Crippen LogP) is 0.00230. The van der Waals surface area contributed by atoms with Gasteiger partial charge in [-0.25, -0.2) is 9.59 Å². The molecule has 9 nitrogen and oxygen atoms in total. The van der Waals surface area contributed by atoms with Crippen molar-refractivity contribution in [2.24, 2.45) is 0 Å². The highest BCUT2D eigenvalue weighted by atomic mass is 16.7. The number of unbranched alkanes of at least 4 members (excludes halogenated alkanes) is 5. The van der Waals surface area contributed by atoms with Crippen LogP contribution in [0.25, 0.3) is 0 Å². The number of rotatable bonds is 14. The Morgan fingerprint density at radius 1 is 1.00 bits per heavy atom. The summed E-state index contributed by atoms with van der Waals surface area (Å²) in [6.45, 7) is 2.13. The minimum absolute atomic E-state index is 0.765. The molecule has 0 aromatic rings. The van der Waals surface area contributed by atoms with Crippen LogP contribution in [-0.2, 0) is 14.4 Å². The van der Waals surface area contributed by atoms with Crippen LogP contribution in [0.2, 0.25) is 0 Å². The number of aliphatic hydroxyl groups excluding tert-OH is 3. The molecular formula is C15H27NO8. The highest BCUT2D eigenvalue weighted by Gasteiger charge is 2.39. The lowest BCUT2D eigenvalue weighted by atomic mass is 10.0. The molecule has 0 saturated carbocycles. The van der Waals surface area contributed by atoms with E-state index in [1.165, 1.54) is 12.6 Å².